The van der Waals surface area contributed by atoms with Crippen molar-refractivity contribution in [2.24, 2.45) is 0 Å². The van der Waals surface area contributed by atoms with Crippen molar-refractivity contribution in [2.45, 2.75) is 25.2 Å². The molecule has 1 saturated heterocycles. The molecular weight excluding hydrogens is 285 g/mol. The normalized spacial score (nSPS) is 22.0. The number of hydrogen-bond acceptors (Lipinski definition) is 3. The van der Waals surface area contributed by atoms with Gasteiger partial charge in [-0.15, -0.1) is 0 Å². The van der Waals surface area contributed by atoms with Crippen LogP contribution in [0.1, 0.15) is 24.1 Å². The average Bonchev–Trinajstić information content (AvgIpc) is 2.40. The van der Waals surface area contributed by atoms with Gasteiger partial charge in [-0.3, -0.25) is 9.69 Å². The third-order valence-electron chi connectivity index (χ3n) is 3.65. The first-order valence-electron chi connectivity index (χ1n) is 6.67. The number of nitrogens with zero attached hydrogens (tertiary/aromatic N) is 1. The molecule has 7 heteroatoms. The molecular formula is C14H17F3N2O2. The molecule has 0 amide bonds. The Morgan fingerprint density at radius 2 is 2.19 bits per heavy atom. The fraction of sp³-hybridized carbons (Fsp3) is 0.500. The summed E-state index contributed by atoms with van der Waals surface area (Å²) in [6.45, 7) is 3.57. The van der Waals surface area contributed by atoms with E-state index in [1.54, 1.807) is 4.90 Å². The maximum Gasteiger partial charge on any atom is 0.416 e. The summed E-state index contributed by atoms with van der Waals surface area (Å²) in [6, 6.07) is 3.43. The smallest absolute Gasteiger partial charge is 0.416 e. The lowest BCUT2D eigenvalue weighted by Crippen LogP contribution is -2.52. The molecule has 2 N–H and O–H groups in total. The average molecular weight is 302 g/mol. The summed E-state index contributed by atoms with van der Waals surface area (Å²) in [4.78, 5) is 13.3. The number of carboxylic acid groups (broad SMARTS) is 1. The minimum atomic E-state index is -4.48. The second kappa shape index (κ2) is 6.03. The molecule has 0 aromatic heterocycles. The molecule has 0 spiro atoms. The Balaban J connectivity index is 2.36. The maximum atomic E-state index is 12.8. The number of benzene rings is 1. The Kier molecular flexibility index (Phi) is 4.53. The van der Waals surface area contributed by atoms with Crippen LogP contribution in [0.2, 0.25) is 0 Å². The number of alkyl halides is 3. The largest absolute Gasteiger partial charge is 0.480 e. The Morgan fingerprint density at radius 3 is 2.76 bits per heavy atom. The van der Waals surface area contributed by atoms with E-state index in [1.165, 1.54) is 12.1 Å². The monoisotopic (exact) mass is 302 g/mol. The van der Waals surface area contributed by atoms with E-state index in [0.717, 1.165) is 12.1 Å². The van der Waals surface area contributed by atoms with Crippen molar-refractivity contribution in [1.29, 1.82) is 0 Å². The third-order valence-corrected chi connectivity index (χ3v) is 3.65. The van der Waals surface area contributed by atoms with E-state index in [2.05, 4.69) is 5.32 Å². The van der Waals surface area contributed by atoms with Crippen molar-refractivity contribution in [3.8, 4) is 0 Å². The van der Waals surface area contributed by atoms with Crippen LogP contribution in [0.25, 0.3) is 0 Å². The van der Waals surface area contributed by atoms with E-state index in [0.29, 0.717) is 19.6 Å². The molecule has 0 bridgehead atoms. The summed E-state index contributed by atoms with van der Waals surface area (Å²) in [5, 5.41) is 12.6. The van der Waals surface area contributed by atoms with Crippen LogP contribution in [-0.2, 0) is 11.0 Å². The summed E-state index contributed by atoms with van der Waals surface area (Å²) in [5.74, 6) is -1.14. The van der Waals surface area contributed by atoms with Gasteiger partial charge in [-0.25, -0.2) is 0 Å². The Hall–Kier alpha value is -1.60. The van der Waals surface area contributed by atoms with E-state index in [4.69, 9.17) is 0 Å². The molecule has 2 atom stereocenters. The quantitative estimate of drug-likeness (QED) is 0.898. The second-order valence-corrected chi connectivity index (χ2v) is 5.15. The van der Waals surface area contributed by atoms with Gasteiger partial charge in [0.25, 0.3) is 0 Å². The first-order chi connectivity index (χ1) is 9.80. The molecule has 1 heterocycles. The fourth-order valence-corrected chi connectivity index (χ4v) is 2.60. The van der Waals surface area contributed by atoms with Crippen LogP contribution in [0, 0.1) is 0 Å². The van der Waals surface area contributed by atoms with E-state index >= 15 is 0 Å². The summed E-state index contributed by atoms with van der Waals surface area (Å²) in [5.41, 5.74) is -0.667. The molecule has 2 rings (SSSR count). The molecule has 1 aromatic carbocycles. The van der Waals surface area contributed by atoms with Gasteiger partial charge in [0.1, 0.15) is 6.04 Å². The van der Waals surface area contributed by atoms with Gasteiger partial charge in [0.15, 0.2) is 0 Å². The number of aliphatic carboxylic acids is 1. The Bertz CT molecular complexity index is 519. The van der Waals surface area contributed by atoms with Crippen LogP contribution in [0.5, 0.6) is 0 Å². The van der Waals surface area contributed by atoms with Gasteiger partial charge in [-0.05, 0) is 24.6 Å². The molecule has 21 heavy (non-hydrogen) atoms. The van der Waals surface area contributed by atoms with Gasteiger partial charge in [-0.2, -0.15) is 13.2 Å². The lowest BCUT2D eigenvalue weighted by Gasteiger charge is -2.38. The number of nitrogens with one attached hydrogen (secondary N) is 1. The van der Waals surface area contributed by atoms with E-state index in [9.17, 15) is 23.1 Å². The summed E-state index contributed by atoms with van der Waals surface area (Å²) in [6.07, 6.45) is -4.48. The van der Waals surface area contributed by atoms with Crippen LogP contribution in [-0.4, -0.2) is 41.7 Å². The molecule has 0 radical (unpaired) electrons. The fourth-order valence-electron chi connectivity index (χ4n) is 2.60. The number of rotatable bonds is 3. The molecule has 1 aliphatic heterocycles. The number of piperazine rings is 1. The SMILES string of the molecule is CC1CNCCN1C(C(=O)O)c1cccc(C(F)(F)F)c1. The highest BCUT2D eigenvalue weighted by molar-refractivity contribution is 5.75. The third kappa shape index (κ3) is 3.54. The molecule has 1 aliphatic rings. The van der Waals surface area contributed by atoms with Gasteiger partial charge in [-0.1, -0.05) is 12.1 Å². The highest BCUT2D eigenvalue weighted by Crippen LogP contribution is 2.32. The molecule has 1 aromatic rings. The van der Waals surface area contributed by atoms with Gasteiger partial charge < -0.3 is 10.4 Å². The number of carboxylic acids is 1. The zero-order valence-corrected chi connectivity index (χ0v) is 11.5. The molecule has 1 fully saturated rings. The Labute approximate surface area is 120 Å². The van der Waals surface area contributed by atoms with Crippen LogP contribution in [0.3, 0.4) is 0 Å². The lowest BCUT2D eigenvalue weighted by molar-refractivity contribution is -0.145. The van der Waals surface area contributed by atoms with Crippen LogP contribution in [0.4, 0.5) is 13.2 Å². The van der Waals surface area contributed by atoms with Crippen molar-refractivity contribution >= 4 is 5.97 Å². The van der Waals surface area contributed by atoms with Gasteiger partial charge in [0, 0.05) is 25.7 Å². The standard InChI is InChI=1S/C14H17F3N2O2/c1-9-8-18-5-6-19(9)12(13(20)21)10-3-2-4-11(7-10)14(15,16)17/h2-4,7,9,12,18H,5-6,8H2,1H3,(H,20,21). The zero-order chi connectivity index (χ0) is 15.6. The van der Waals surface area contributed by atoms with Crippen molar-refractivity contribution in [2.75, 3.05) is 19.6 Å². The van der Waals surface area contributed by atoms with Crippen molar-refractivity contribution in [3.63, 3.8) is 0 Å². The lowest BCUT2D eigenvalue weighted by atomic mass is 10.00. The van der Waals surface area contributed by atoms with Gasteiger partial charge >= 0.3 is 12.1 Å². The van der Waals surface area contributed by atoms with Gasteiger partial charge in [0.05, 0.1) is 5.56 Å². The maximum absolute atomic E-state index is 12.8. The first-order valence-corrected chi connectivity index (χ1v) is 6.67. The minimum Gasteiger partial charge on any atom is -0.480 e. The van der Waals surface area contributed by atoms with Crippen molar-refractivity contribution in [3.05, 3.63) is 35.4 Å². The number of carbonyl (C=O) groups is 1. The second-order valence-electron chi connectivity index (χ2n) is 5.15. The van der Waals surface area contributed by atoms with Crippen LogP contribution in [0.15, 0.2) is 24.3 Å². The van der Waals surface area contributed by atoms with Crippen molar-refractivity contribution in [1.82, 2.24) is 10.2 Å². The minimum absolute atomic E-state index is 0.0607. The summed E-state index contributed by atoms with van der Waals surface area (Å²) >= 11 is 0. The highest BCUT2D eigenvalue weighted by Gasteiger charge is 2.35. The number of hydrogen-bond donors (Lipinski definition) is 2. The van der Waals surface area contributed by atoms with E-state index < -0.39 is 23.8 Å². The zero-order valence-electron chi connectivity index (χ0n) is 11.5. The summed E-state index contributed by atoms with van der Waals surface area (Å²) < 4.78 is 38.3. The van der Waals surface area contributed by atoms with Crippen molar-refractivity contribution < 1.29 is 23.1 Å². The Morgan fingerprint density at radius 1 is 1.48 bits per heavy atom. The molecule has 0 aliphatic carbocycles. The first kappa shape index (κ1) is 15.8. The van der Waals surface area contributed by atoms with E-state index in [-0.39, 0.29) is 11.6 Å². The van der Waals surface area contributed by atoms with Crippen LogP contribution < -0.4 is 5.32 Å². The molecule has 116 valence electrons. The molecule has 2 unspecified atom stereocenters. The van der Waals surface area contributed by atoms with E-state index in [1.807, 2.05) is 6.92 Å². The highest BCUT2D eigenvalue weighted by atomic mass is 19.4. The molecule has 0 saturated carbocycles. The number of halogens is 3. The van der Waals surface area contributed by atoms with Gasteiger partial charge in [0.2, 0.25) is 0 Å². The van der Waals surface area contributed by atoms with Crippen LogP contribution >= 0.6 is 0 Å². The molecule has 4 nitrogen and oxygen atoms in total. The predicted octanol–water partition coefficient (Wildman–Crippen LogP) is 2.12. The summed E-state index contributed by atoms with van der Waals surface area (Å²) in [7, 11) is 0. The topological polar surface area (TPSA) is 52.6 Å². The predicted molar refractivity (Wildman–Crippen MR) is 70.9 cm³/mol.